The van der Waals surface area contributed by atoms with Gasteiger partial charge < -0.3 is 5.11 Å². The first-order valence-corrected chi connectivity index (χ1v) is 7.13. The standard InChI is InChI=1S/C17H25NO/c1-5-7-12-16(19)18-17(13(3)6-2)15-11-9-8-10-14(15)4/h8-13,19H,5-7H2,1-4H3/b16-12-,18-17-. The van der Waals surface area contributed by atoms with Gasteiger partial charge in [0.2, 0.25) is 5.88 Å². The molecular weight excluding hydrogens is 234 g/mol. The minimum Gasteiger partial charge on any atom is -0.493 e. The molecule has 0 amide bonds. The Kier molecular flexibility index (Phi) is 6.34. The molecule has 0 aliphatic carbocycles. The van der Waals surface area contributed by atoms with E-state index in [2.05, 4.69) is 44.8 Å². The minimum atomic E-state index is 0.139. The maximum Gasteiger partial charge on any atom is 0.206 e. The second-order valence-electron chi connectivity index (χ2n) is 4.97. The molecule has 1 N–H and O–H groups in total. The van der Waals surface area contributed by atoms with Crippen molar-refractivity contribution in [2.45, 2.75) is 47.0 Å². The average molecular weight is 259 g/mol. The zero-order chi connectivity index (χ0) is 14.3. The minimum absolute atomic E-state index is 0.139. The number of allylic oxidation sites excluding steroid dienone is 1. The fourth-order valence-corrected chi connectivity index (χ4v) is 1.93. The Hall–Kier alpha value is -1.57. The van der Waals surface area contributed by atoms with Crippen LogP contribution in [0.1, 0.15) is 51.2 Å². The van der Waals surface area contributed by atoms with Gasteiger partial charge in [-0.05, 0) is 42.9 Å². The van der Waals surface area contributed by atoms with E-state index in [-0.39, 0.29) is 5.88 Å². The van der Waals surface area contributed by atoms with E-state index < -0.39 is 0 Å². The molecule has 1 atom stereocenters. The molecule has 2 nitrogen and oxygen atoms in total. The van der Waals surface area contributed by atoms with Crippen molar-refractivity contribution in [3.8, 4) is 0 Å². The zero-order valence-electron chi connectivity index (χ0n) is 12.5. The van der Waals surface area contributed by atoms with Crippen LogP contribution in [0, 0.1) is 12.8 Å². The SMILES string of the molecule is CCC/C=C(O)/N=C(\c1ccccc1C)C(C)CC. The van der Waals surface area contributed by atoms with E-state index >= 15 is 0 Å². The van der Waals surface area contributed by atoms with Gasteiger partial charge in [0.05, 0.1) is 5.71 Å². The van der Waals surface area contributed by atoms with Crippen molar-refractivity contribution in [3.05, 3.63) is 47.4 Å². The number of hydrogen-bond acceptors (Lipinski definition) is 2. The van der Waals surface area contributed by atoms with Crippen LogP contribution in [0.25, 0.3) is 0 Å². The number of unbranched alkanes of at least 4 members (excludes halogenated alkanes) is 1. The molecule has 0 radical (unpaired) electrons. The van der Waals surface area contributed by atoms with Gasteiger partial charge in [-0.3, -0.25) is 0 Å². The zero-order valence-corrected chi connectivity index (χ0v) is 12.5. The quantitative estimate of drug-likeness (QED) is 0.564. The molecule has 0 aromatic heterocycles. The van der Waals surface area contributed by atoms with E-state index in [1.54, 1.807) is 6.08 Å². The maximum absolute atomic E-state index is 9.92. The first-order valence-electron chi connectivity index (χ1n) is 7.13. The lowest BCUT2D eigenvalue weighted by Gasteiger charge is -2.15. The molecule has 0 saturated carbocycles. The monoisotopic (exact) mass is 259 g/mol. The van der Waals surface area contributed by atoms with E-state index in [4.69, 9.17) is 0 Å². The van der Waals surface area contributed by atoms with Crippen LogP contribution in [0.5, 0.6) is 0 Å². The van der Waals surface area contributed by atoms with Gasteiger partial charge in [0.25, 0.3) is 0 Å². The molecule has 0 aliphatic heterocycles. The Labute approximate surface area is 116 Å². The number of rotatable bonds is 6. The van der Waals surface area contributed by atoms with Crippen molar-refractivity contribution >= 4 is 5.71 Å². The number of nitrogens with zero attached hydrogens (tertiary/aromatic N) is 1. The van der Waals surface area contributed by atoms with Crippen LogP contribution in [-0.4, -0.2) is 10.8 Å². The Bertz CT molecular complexity index is 460. The fraction of sp³-hybridized carbons (Fsp3) is 0.471. The van der Waals surface area contributed by atoms with Gasteiger partial charge in [0, 0.05) is 0 Å². The molecule has 2 heteroatoms. The van der Waals surface area contributed by atoms with Gasteiger partial charge in [0.15, 0.2) is 0 Å². The lowest BCUT2D eigenvalue weighted by molar-refractivity contribution is 0.402. The Morgan fingerprint density at radius 1 is 1.32 bits per heavy atom. The molecule has 104 valence electrons. The summed E-state index contributed by atoms with van der Waals surface area (Å²) in [4.78, 5) is 4.45. The highest BCUT2D eigenvalue weighted by Gasteiger charge is 2.13. The number of hydrogen-bond donors (Lipinski definition) is 1. The lowest BCUT2D eigenvalue weighted by Crippen LogP contribution is -2.13. The van der Waals surface area contributed by atoms with Crippen molar-refractivity contribution < 1.29 is 5.11 Å². The Balaban J connectivity index is 3.16. The average Bonchev–Trinajstić information content (AvgIpc) is 2.42. The molecule has 19 heavy (non-hydrogen) atoms. The van der Waals surface area contributed by atoms with Crippen LogP contribution in [0.3, 0.4) is 0 Å². The molecule has 0 spiro atoms. The normalized spacial score (nSPS) is 14.5. The Morgan fingerprint density at radius 2 is 2.00 bits per heavy atom. The summed E-state index contributed by atoms with van der Waals surface area (Å²) in [6, 6.07) is 8.21. The molecular formula is C17H25NO. The van der Waals surface area contributed by atoms with E-state index in [0.717, 1.165) is 30.5 Å². The summed E-state index contributed by atoms with van der Waals surface area (Å²) in [6.07, 6.45) is 4.67. The number of aliphatic hydroxyl groups excluding tert-OH is 1. The number of aliphatic imine (C=N–C) groups is 1. The van der Waals surface area contributed by atoms with Crippen LogP contribution < -0.4 is 0 Å². The second-order valence-corrected chi connectivity index (χ2v) is 4.97. The van der Waals surface area contributed by atoms with Gasteiger partial charge in [0.1, 0.15) is 0 Å². The van der Waals surface area contributed by atoms with Crippen LogP contribution >= 0.6 is 0 Å². The first-order chi connectivity index (χ1) is 9.10. The molecule has 1 aromatic rings. The fourth-order valence-electron chi connectivity index (χ4n) is 1.93. The third kappa shape index (κ3) is 4.55. The highest BCUT2D eigenvalue weighted by molar-refractivity contribution is 6.03. The molecule has 0 heterocycles. The van der Waals surface area contributed by atoms with Crippen LogP contribution in [0.15, 0.2) is 41.2 Å². The topological polar surface area (TPSA) is 32.6 Å². The third-order valence-corrected chi connectivity index (χ3v) is 3.35. The van der Waals surface area contributed by atoms with Crippen LogP contribution in [0.4, 0.5) is 0 Å². The van der Waals surface area contributed by atoms with Crippen molar-refractivity contribution in [1.82, 2.24) is 0 Å². The summed E-state index contributed by atoms with van der Waals surface area (Å²) >= 11 is 0. The maximum atomic E-state index is 9.92. The molecule has 1 aromatic carbocycles. The summed E-state index contributed by atoms with van der Waals surface area (Å²) in [5, 5.41) is 9.92. The molecule has 1 unspecified atom stereocenters. The van der Waals surface area contributed by atoms with Crippen molar-refractivity contribution in [2.24, 2.45) is 10.9 Å². The van der Waals surface area contributed by atoms with Gasteiger partial charge in [-0.2, -0.15) is 0 Å². The summed E-state index contributed by atoms with van der Waals surface area (Å²) < 4.78 is 0. The van der Waals surface area contributed by atoms with E-state index in [9.17, 15) is 5.11 Å². The van der Waals surface area contributed by atoms with Crippen LogP contribution in [-0.2, 0) is 0 Å². The number of benzene rings is 1. The second kappa shape index (κ2) is 7.78. The molecule has 0 bridgehead atoms. The van der Waals surface area contributed by atoms with Gasteiger partial charge >= 0.3 is 0 Å². The molecule has 0 saturated heterocycles. The van der Waals surface area contributed by atoms with E-state index in [1.807, 2.05) is 12.1 Å². The predicted molar refractivity (Wildman–Crippen MR) is 82.8 cm³/mol. The van der Waals surface area contributed by atoms with E-state index in [0.29, 0.717) is 5.92 Å². The van der Waals surface area contributed by atoms with Crippen LogP contribution in [0.2, 0.25) is 0 Å². The summed E-state index contributed by atoms with van der Waals surface area (Å²) in [7, 11) is 0. The van der Waals surface area contributed by atoms with Crippen molar-refractivity contribution in [1.29, 1.82) is 0 Å². The van der Waals surface area contributed by atoms with Gasteiger partial charge in [-0.25, -0.2) is 4.99 Å². The number of aryl methyl sites for hydroxylation is 1. The lowest BCUT2D eigenvalue weighted by atomic mass is 9.93. The Morgan fingerprint density at radius 3 is 2.58 bits per heavy atom. The first kappa shape index (κ1) is 15.5. The van der Waals surface area contributed by atoms with Gasteiger partial charge in [-0.15, -0.1) is 0 Å². The smallest absolute Gasteiger partial charge is 0.206 e. The van der Waals surface area contributed by atoms with Gasteiger partial charge in [-0.1, -0.05) is 51.5 Å². The number of aliphatic hydroxyl groups is 1. The highest BCUT2D eigenvalue weighted by Crippen LogP contribution is 2.18. The summed E-state index contributed by atoms with van der Waals surface area (Å²) in [5.74, 6) is 0.471. The molecule has 1 rings (SSSR count). The molecule has 0 aliphatic rings. The third-order valence-electron chi connectivity index (χ3n) is 3.35. The summed E-state index contributed by atoms with van der Waals surface area (Å²) in [6.45, 7) is 8.47. The van der Waals surface area contributed by atoms with E-state index in [1.165, 1.54) is 5.56 Å². The van der Waals surface area contributed by atoms with Crippen molar-refractivity contribution in [2.75, 3.05) is 0 Å². The highest BCUT2D eigenvalue weighted by atomic mass is 16.3. The molecule has 0 fully saturated rings. The largest absolute Gasteiger partial charge is 0.493 e. The van der Waals surface area contributed by atoms with Crippen molar-refractivity contribution in [3.63, 3.8) is 0 Å². The predicted octanol–water partition coefficient (Wildman–Crippen LogP) is 5.03. The summed E-state index contributed by atoms with van der Waals surface area (Å²) in [5.41, 5.74) is 3.31.